The van der Waals surface area contributed by atoms with Crippen molar-refractivity contribution in [3.8, 4) is 0 Å². The van der Waals surface area contributed by atoms with Gasteiger partial charge in [-0.15, -0.1) is 0 Å². The molecule has 116 valence electrons. The Labute approximate surface area is 127 Å². The van der Waals surface area contributed by atoms with Gasteiger partial charge in [0.2, 0.25) is 0 Å². The molecule has 0 aliphatic carbocycles. The molecule has 5 heteroatoms. The highest BCUT2D eigenvalue weighted by Gasteiger charge is 2.42. The van der Waals surface area contributed by atoms with Crippen molar-refractivity contribution in [3.05, 3.63) is 24.0 Å². The third kappa shape index (κ3) is 3.23. The lowest BCUT2D eigenvalue weighted by atomic mass is 9.87. The standard InChI is InChI=1S/C16H26N4O/c1-3-17-15(18-10-14-4-7-19(2)11-14)20-8-5-16(12-20)6-9-21-13-16/h4,7,11H,3,5-6,8-10,12-13H2,1-2H3,(H,17,18). The molecule has 0 radical (unpaired) electrons. The first-order valence-electron chi connectivity index (χ1n) is 7.93. The Morgan fingerprint density at radius 2 is 2.38 bits per heavy atom. The zero-order valence-electron chi connectivity index (χ0n) is 13.1. The van der Waals surface area contributed by atoms with Gasteiger partial charge in [-0.2, -0.15) is 0 Å². The molecule has 21 heavy (non-hydrogen) atoms. The maximum Gasteiger partial charge on any atom is 0.194 e. The first-order chi connectivity index (χ1) is 10.2. The van der Waals surface area contributed by atoms with Crippen LogP contribution in [-0.4, -0.2) is 48.3 Å². The number of aromatic nitrogens is 1. The van der Waals surface area contributed by atoms with Crippen molar-refractivity contribution in [2.75, 3.05) is 32.8 Å². The van der Waals surface area contributed by atoms with Crippen molar-refractivity contribution in [1.29, 1.82) is 0 Å². The molecular weight excluding hydrogens is 264 g/mol. The monoisotopic (exact) mass is 290 g/mol. The molecule has 2 aliphatic rings. The number of aryl methyl sites for hydroxylation is 1. The molecular formula is C16H26N4O. The van der Waals surface area contributed by atoms with Gasteiger partial charge in [0, 0.05) is 51.1 Å². The Morgan fingerprint density at radius 3 is 3.05 bits per heavy atom. The van der Waals surface area contributed by atoms with Crippen LogP contribution in [0, 0.1) is 5.41 Å². The van der Waals surface area contributed by atoms with Gasteiger partial charge in [0.15, 0.2) is 5.96 Å². The largest absolute Gasteiger partial charge is 0.381 e. The Balaban J connectivity index is 1.66. The Bertz CT molecular complexity index is 502. The summed E-state index contributed by atoms with van der Waals surface area (Å²) in [6, 6.07) is 2.13. The lowest BCUT2D eigenvalue weighted by Crippen LogP contribution is -2.41. The number of aliphatic imine (C=N–C) groups is 1. The molecule has 1 spiro atoms. The van der Waals surface area contributed by atoms with Crippen LogP contribution in [0.5, 0.6) is 0 Å². The van der Waals surface area contributed by atoms with E-state index in [1.54, 1.807) is 0 Å². The molecule has 1 aromatic rings. The lowest BCUT2D eigenvalue weighted by Gasteiger charge is -2.24. The van der Waals surface area contributed by atoms with E-state index in [-0.39, 0.29) is 0 Å². The number of hydrogen-bond donors (Lipinski definition) is 1. The summed E-state index contributed by atoms with van der Waals surface area (Å²) < 4.78 is 7.68. The maximum absolute atomic E-state index is 5.61. The van der Waals surface area contributed by atoms with E-state index in [0.29, 0.717) is 5.41 Å². The van der Waals surface area contributed by atoms with Crippen LogP contribution in [0.25, 0.3) is 0 Å². The average Bonchev–Trinajstić information content (AvgIpc) is 3.19. The highest BCUT2D eigenvalue weighted by atomic mass is 16.5. The summed E-state index contributed by atoms with van der Waals surface area (Å²) >= 11 is 0. The van der Waals surface area contributed by atoms with Crippen LogP contribution < -0.4 is 5.32 Å². The quantitative estimate of drug-likeness (QED) is 0.679. The van der Waals surface area contributed by atoms with E-state index >= 15 is 0 Å². The molecule has 2 saturated heterocycles. The molecule has 1 aromatic heterocycles. The molecule has 0 aromatic carbocycles. The zero-order chi connectivity index (χ0) is 14.7. The summed E-state index contributed by atoms with van der Waals surface area (Å²) in [5.74, 6) is 1.05. The highest BCUT2D eigenvalue weighted by Crippen LogP contribution is 2.38. The third-order valence-corrected chi connectivity index (χ3v) is 4.56. The van der Waals surface area contributed by atoms with Crippen molar-refractivity contribution in [2.24, 2.45) is 17.5 Å². The van der Waals surface area contributed by atoms with E-state index in [0.717, 1.165) is 45.4 Å². The molecule has 3 heterocycles. The van der Waals surface area contributed by atoms with Gasteiger partial charge in [-0.05, 0) is 31.4 Å². The minimum Gasteiger partial charge on any atom is -0.381 e. The van der Waals surface area contributed by atoms with E-state index in [2.05, 4.69) is 40.2 Å². The van der Waals surface area contributed by atoms with Crippen molar-refractivity contribution in [1.82, 2.24) is 14.8 Å². The first-order valence-corrected chi connectivity index (χ1v) is 7.93. The second-order valence-electron chi connectivity index (χ2n) is 6.33. The molecule has 1 N–H and O–H groups in total. The van der Waals surface area contributed by atoms with Gasteiger partial charge in [0.05, 0.1) is 13.2 Å². The summed E-state index contributed by atoms with van der Waals surface area (Å²) in [6.07, 6.45) is 6.62. The highest BCUT2D eigenvalue weighted by molar-refractivity contribution is 5.80. The molecule has 0 bridgehead atoms. The fraction of sp³-hybridized carbons (Fsp3) is 0.688. The second kappa shape index (κ2) is 6.10. The van der Waals surface area contributed by atoms with E-state index < -0.39 is 0 Å². The molecule has 1 unspecified atom stereocenters. The molecule has 3 rings (SSSR count). The molecule has 5 nitrogen and oxygen atoms in total. The normalized spacial score (nSPS) is 26.0. The number of nitrogens with one attached hydrogen (secondary N) is 1. The maximum atomic E-state index is 5.61. The van der Waals surface area contributed by atoms with Crippen molar-refractivity contribution in [2.45, 2.75) is 26.3 Å². The molecule has 1 atom stereocenters. The number of ether oxygens (including phenoxy) is 1. The number of nitrogens with zero attached hydrogens (tertiary/aromatic N) is 3. The van der Waals surface area contributed by atoms with Crippen LogP contribution in [-0.2, 0) is 18.3 Å². The van der Waals surface area contributed by atoms with Crippen molar-refractivity contribution in [3.63, 3.8) is 0 Å². The third-order valence-electron chi connectivity index (χ3n) is 4.56. The molecule has 2 fully saturated rings. The Kier molecular flexibility index (Phi) is 4.19. The molecule has 2 aliphatic heterocycles. The minimum absolute atomic E-state index is 0.378. The summed E-state index contributed by atoms with van der Waals surface area (Å²) in [6.45, 7) is 7.78. The Hall–Kier alpha value is -1.49. The zero-order valence-corrected chi connectivity index (χ0v) is 13.1. The number of rotatable bonds is 3. The van der Waals surface area contributed by atoms with Crippen LogP contribution in [0.15, 0.2) is 23.5 Å². The second-order valence-corrected chi connectivity index (χ2v) is 6.33. The van der Waals surface area contributed by atoms with Crippen LogP contribution >= 0.6 is 0 Å². The fourth-order valence-corrected chi connectivity index (χ4v) is 3.33. The predicted molar refractivity (Wildman–Crippen MR) is 84.3 cm³/mol. The topological polar surface area (TPSA) is 41.8 Å². The van der Waals surface area contributed by atoms with Crippen molar-refractivity contribution >= 4 is 5.96 Å². The fourth-order valence-electron chi connectivity index (χ4n) is 3.33. The average molecular weight is 290 g/mol. The summed E-state index contributed by atoms with van der Waals surface area (Å²) in [5.41, 5.74) is 1.63. The van der Waals surface area contributed by atoms with Gasteiger partial charge in [-0.3, -0.25) is 0 Å². The summed E-state index contributed by atoms with van der Waals surface area (Å²) in [4.78, 5) is 7.21. The van der Waals surface area contributed by atoms with Crippen LogP contribution in [0.3, 0.4) is 0 Å². The van der Waals surface area contributed by atoms with Gasteiger partial charge >= 0.3 is 0 Å². The van der Waals surface area contributed by atoms with Crippen LogP contribution in [0.2, 0.25) is 0 Å². The van der Waals surface area contributed by atoms with Crippen LogP contribution in [0.4, 0.5) is 0 Å². The lowest BCUT2D eigenvalue weighted by molar-refractivity contribution is 0.156. The predicted octanol–water partition coefficient (Wildman–Crippen LogP) is 1.60. The van der Waals surface area contributed by atoms with Crippen molar-refractivity contribution < 1.29 is 4.74 Å². The smallest absolute Gasteiger partial charge is 0.194 e. The van der Waals surface area contributed by atoms with E-state index in [1.165, 1.54) is 18.4 Å². The van der Waals surface area contributed by atoms with E-state index in [9.17, 15) is 0 Å². The first kappa shape index (κ1) is 14.4. The van der Waals surface area contributed by atoms with Gasteiger partial charge < -0.3 is 19.5 Å². The van der Waals surface area contributed by atoms with Gasteiger partial charge in [-0.1, -0.05) is 0 Å². The summed E-state index contributed by atoms with van der Waals surface area (Å²) in [7, 11) is 2.04. The molecule has 0 amide bonds. The Morgan fingerprint density at radius 1 is 1.48 bits per heavy atom. The summed E-state index contributed by atoms with van der Waals surface area (Å²) in [5, 5.41) is 3.44. The molecule has 0 saturated carbocycles. The van der Waals surface area contributed by atoms with E-state index in [4.69, 9.17) is 9.73 Å². The van der Waals surface area contributed by atoms with Crippen LogP contribution in [0.1, 0.15) is 25.3 Å². The van der Waals surface area contributed by atoms with Gasteiger partial charge in [0.25, 0.3) is 0 Å². The van der Waals surface area contributed by atoms with Gasteiger partial charge in [-0.25, -0.2) is 4.99 Å². The minimum atomic E-state index is 0.378. The number of hydrogen-bond acceptors (Lipinski definition) is 2. The van der Waals surface area contributed by atoms with E-state index in [1.807, 2.05) is 7.05 Å². The van der Waals surface area contributed by atoms with Gasteiger partial charge in [0.1, 0.15) is 0 Å². The number of guanidine groups is 1. The SMILES string of the molecule is CCNC(=NCc1ccn(C)c1)N1CCC2(CCOC2)C1. The number of likely N-dealkylation sites (tertiary alicyclic amines) is 1.